The molecular weight excluding hydrogens is 272 g/mol. The molecule has 0 bridgehead atoms. The van der Waals surface area contributed by atoms with Gasteiger partial charge in [-0.3, -0.25) is 0 Å². The molecule has 0 radical (unpaired) electrons. The molecule has 0 amide bonds. The Kier molecular flexibility index (Phi) is 3.79. The van der Waals surface area contributed by atoms with Gasteiger partial charge in [-0.05, 0) is 11.8 Å². The highest BCUT2D eigenvalue weighted by molar-refractivity contribution is 8.01. The fourth-order valence-electron chi connectivity index (χ4n) is 1.08. The van der Waals surface area contributed by atoms with Crippen LogP contribution in [0, 0.1) is 0 Å². The summed E-state index contributed by atoms with van der Waals surface area (Å²) in [4.78, 5) is 9.89. The molecule has 0 aliphatic carbocycles. The van der Waals surface area contributed by atoms with Crippen molar-refractivity contribution in [2.24, 2.45) is 5.84 Å². The molecule has 0 aliphatic heterocycles. The molecule has 2 heterocycles. The number of nitrogens with zero attached hydrogens (tertiary/aromatic N) is 5. The van der Waals surface area contributed by atoms with Crippen molar-refractivity contribution in [2.45, 2.75) is 9.37 Å². The van der Waals surface area contributed by atoms with Crippen molar-refractivity contribution in [3.63, 3.8) is 0 Å². The van der Waals surface area contributed by atoms with E-state index >= 15 is 0 Å². The Hall–Kier alpha value is -1.65. The van der Waals surface area contributed by atoms with E-state index in [-0.39, 0.29) is 5.95 Å². The highest BCUT2D eigenvalue weighted by atomic mass is 32.2. The average molecular weight is 284 g/mol. The summed E-state index contributed by atoms with van der Waals surface area (Å²) in [6, 6.07) is 1.69. The molecule has 0 fully saturated rings. The molecule has 2 rings (SSSR count). The Balaban J connectivity index is 2.19. The van der Waals surface area contributed by atoms with Crippen LogP contribution in [-0.4, -0.2) is 34.3 Å². The maximum Gasteiger partial charge on any atom is 0.223 e. The lowest BCUT2D eigenvalue weighted by atomic mass is 10.6. The van der Waals surface area contributed by atoms with Crippen molar-refractivity contribution in [3.8, 4) is 0 Å². The summed E-state index contributed by atoms with van der Waals surface area (Å²) in [6.45, 7) is 0. The van der Waals surface area contributed by atoms with Crippen LogP contribution in [0.5, 0.6) is 0 Å². The van der Waals surface area contributed by atoms with Crippen LogP contribution >= 0.6 is 23.1 Å². The first-order valence-electron chi connectivity index (χ1n) is 4.88. The molecule has 0 saturated carbocycles. The van der Waals surface area contributed by atoms with Gasteiger partial charge in [-0.2, -0.15) is 4.98 Å². The minimum absolute atomic E-state index is 0.158. The number of rotatable bonds is 4. The predicted octanol–water partition coefficient (Wildman–Crippen LogP) is 0.413. The number of aromatic nitrogens is 4. The maximum absolute atomic E-state index is 5.57. The second-order valence-corrected chi connectivity index (χ2v) is 5.66. The summed E-state index contributed by atoms with van der Waals surface area (Å²) in [5, 5.41) is 9.58. The van der Waals surface area contributed by atoms with Crippen molar-refractivity contribution in [2.75, 3.05) is 30.2 Å². The Morgan fingerprint density at radius 1 is 1.33 bits per heavy atom. The van der Waals surface area contributed by atoms with E-state index in [4.69, 9.17) is 11.6 Å². The van der Waals surface area contributed by atoms with E-state index in [2.05, 4.69) is 25.6 Å². The predicted molar refractivity (Wildman–Crippen MR) is 72.6 cm³/mol. The van der Waals surface area contributed by atoms with E-state index in [0.717, 1.165) is 9.47 Å². The molecule has 2 aromatic heterocycles. The highest BCUT2D eigenvalue weighted by Crippen LogP contribution is 2.32. The van der Waals surface area contributed by atoms with Gasteiger partial charge in [0, 0.05) is 20.2 Å². The van der Waals surface area contributed by atoms with E-state index in [1.807, 2.05) is 19.0 Å². The minimum atomic E-state index is 0.158. The van der Waals surface area contributed by atoms with Gasteiger partial charge in [-0.15, -0.1) is 10.2 Å². The van der Waals surface area contributed by atoms with Crippen molar-refractivity contribution in [1.82, 2.24) is 20.2 Å². The smallest absolute Gasteiger partial charge is 0.223 e. The standard InChI is InChI=1S/C8H12N8S2/c1-16(2)7-14-15-8(18-7)17-5-3-4(13-10)11-6(9)12-5/h3H,10H2,1-2H3,(H3,9,11,12,13). The first-order chi connectivity index (χ1) is 8.58. The molecule has 0 aromatic carbocycles. The lowest BCUT2D eigenvalue weighted by Crippen LogP contribution is -2.10. The molecule has 0 atom stereocenters. The normalized spacial score (nSPS) is 10.4. The summed E-state index contributed by atoms with van der Waals surface area (Å²) in [5.41, 5.74) is 8.00. The van der Waals surface area contributed by atoms with Crippen LogP contribution in [0.25, 0.3) is 0 Å². The summed E-state index contributed by atoms with van der Waals surface area (Å²) in [6.07, 6.45) is 0. The zero-order valence-electron chi connectivity index (χ0n) is 9.78. The fraction of sp³-hybridized carbons (Fsp3) is 0.250. The number of hydrazine groups is 1. The lowest BCUT2D eigenvalue weighted by Gasteiger charge is -2.04. The molecule has 96 valence electrons. The van der Waals surface area contributed by atoms with Crippen LogP contribution in [0.2, 0.25) is 0 Å². The minimum Gasteiger partial charge on any atom is -0.368 e. The van der Waals surface area contributed by atoms with Gasteiger partial charge in [-0.1, -0.05) is 11.3 Å². The van der Waals surface area contributed by atoms with Gasteiger partial charge >= 0.3 is 0 Å². The van der Waals surface area contributed by atoms with E-state index < -0.39 is 0 Å². The molecule has 0 saturated heterocycles. The first kappa shape index (κ1) is 12.8. The van der Waals surface area contributed by atoms with Crippen molar-refractivity contribution in [1.29, 1.82) is 0 Å². The topological polar surface area (TPSA) is 119 Å². The molecule has 0 spiro atoms. The second-order valence-electron chi connectivity index (χ2n) is 3.44. The van der Waals surface area contributed by atoms with E-state index in [9.17, 15) is 0 Å². The third-order valence-corrected chi connectivity index (χ3v) is 3.90. The SMILES string of the molecule is CN(C)c1nnc(Sc2cc(NN)nc(N)n2)s1. The average Bonchev–Trinajstić information content (AvgIpc) is 2.76. The van der Waals surface area contributed by atoms with Crippen LogP contribution in [-0.2, 0) is 0 Å². The number of anilines is 3. The number of hydrogen-bond acceptors (Lipinski definition) is 10. The van der Waals surface area contributed by atoms with E-state index in [1.54, 1.807) is 6.07 Å². The summed E-state index contributed by atoms with van der Waals surface area (Å²) in [5.74, 6) is 5.91. The van der Waals surface area contributed by atoms with Gasteiger partial charge in [0.25, 0.3) is 0 Å². The number of nitrogens with one attached hydrogen (secondary N) is 1. The zero-order valence-corrected chi connectivity index (χ0v) is 11.4. The van der Waals surface area contributed by atoms with Gasteiger partial charge in [-0.25, -0.2) is 10.8 Å². The van der Waals surface area contributed by atoms with Gasteiger partial charge < -0.3 is 16.1 Å². The van der Waals surface area contributed by atoms with E-state index in [0.29, 0.717) is 10.8 Å². The van der Waals surface area contributed by atoms with Crippen LogP contribution in [0.3, 0.4) is 0 Å². The van der Waals surface area contributed by atoms with Gasteiger partial charge in [0.1, 0.15) is 10.8 Å². The molecule has 10 heteroatoms. The van der Waals surface area contributed by atoms with Crippen LogP contribution < -0.4 is 21.9 Å². The number of nitrogen functional groups attached to an aromatic ring is 2. The lowest BCUT2D eigenvalue weighted by molar-refractivity contribution is 0.969. The summed E-state index contributed by atoms with van der Waals surface area (Å²) in [7, 11) is 3.82. The quantitative estimate of drug-likeness (QED) is 0.416. The zero-order chi connectivity index (χ0) is 13.1. The Morgan fingerprint density at radius 2 is 2.11 bits per heavy atom. The van der Waals surface area contributed by atoms with Crippen LogP contribution in [0.4, 0.5) is 16.9 Å². The molecule has 2 aromatic rings. The Bertz CT molecular complexity index is 540. The largest absolute Gasteiger partial charge is 0.368 e. The summed E-state index contributed by atoms with van der Waals surface area (Å²) < 4.78 is 0.778. The molecule has 0 aliphatic rings. The highest BCUT2D eigenvalue weighted by Gasteiger charge is 2.09. The molecule has 18 heavy (non-hydrogen) atoms. The first-order valence-corrected chi connectivity index (χ1v) is 6.51. The van der Waals surface area contributed by atoms with Crippen LogP contribution in [0.15, 0.2) is 15.4 Å². The number of nitrogens with two attached hydrogens (primary N) is 2. The van der Waals surface area contributed by atoms with Crippen LogP contribution in [0.1, 0.15) is 0 Å². The molecular formula is C8H12N8S2. The monoisotopic (exact) mass is 284 g/mol. The van der Waals surface area contributed by atoms with Crippen molar-refractivity contribution < 1.29 is 0 Å². The summed E-state index contributed by atoms with van der Waals surface area (Å²) >= 11 is 2.83. The maximum atomic E-state index is 5.57. The molecule has 8 nitrogen and oxygen atoms in total. The van der Waals surface area contributed by atoms with Gasteiger partial charge in [0.15, 0.2) is 4.34 Å². The Labute approximate surface area is 112 Å². The second kappa shape index (κ2) is 5.33. The van der Waals surface area contributed by atoms with Gasteiger partial charge in [0.2, 0.25) is 11.1 Å². The third-order valence-electron chi connectivity index (χ3n) is 1.84. The van der Waals surface area contributed by atoms with Gasteiger partial charge in [0.05, 0.1) is 0 Å². The van der Waals surface area contributed by atoms with Crippen molar-refractivity contribution >= 4 is 40.0 Å². The van der Waals surface area contributed by atoms with Crippen molar-refractivity contribution in [3.05, 3.63) is 6.07 Å². The Morgan fingerprint density at radius 3 is 2.72 bits per heavy atom. The number of hydrogen-bond donors (Lipinski definition) is 3. The fourth-order valence-corrected chi connectivity index (χ4v) is 2.80. The molecule has 5 N–H and O–H groups in total. The van der Waals surface area contributed by atoms with E-state index in [1.165, 1.54) is 23.1 Å². The molecule has 0 unspecified atom stereocenters. The third kappa shape index (κ3) is 2.97.